The Balaban J connectivity index is 2.02. The molecule has 0 spiro atoms. The fraction of sp³-hybridized carbons (Fsp3) is 0.429. The van der Waals surface area contributed by atoms with E-state index in [0.717, 1.165) is 11.3 Å². The van der Waals surface area contributed by atoms with Crippen LogP contribution in [0.15, 0.2) is 28.9 Å². The molecular weight excluding hydrogens is 283 g/mol. The van der Waals surface area contributed by atoms with Crippen molar-refractivity contribution in [3.63, 3.8) is 0 Å². The van der Waals surface area contributed by atoms with Crippen molar-refractivity contribution in [2.75, 3.05) is 13.3 Å². The van der Waals surface area contributed by atoms with Gasteiger partial charge in [-0.3, -0.25) is 4.99 Å². The maximum Gasteiger partial charge on any atom is 0.422 e. The summed E-state index contributed by atoms with van der Waals surface area (Å²) in [7, 11) is 0. The summed E-state index contributed by atoms with van der Waals surface area (Å²) in [6.07, 6.45) is -0.694. The molecule has 0 N–H and O–H groups in total. The summed E-state index contributed by atoms with van der Waals surface area (Å²) in [6, 6.07) is 3.19. The summed E-state index contributed by atoms with van der Waals surface area (Å²) in [6.45, 7) is 3.57. The van der Waals surface area contributed by atoms with Gasteiger partial charge in [0, 0.05) is 30.2 Å². The second-order valence-corrected chi connectivity index (χ2v) is 4.78. The average Bonchev–Trinajstić information content (AvgIpc) is 2.41. The number of halogens is 3. The van der Waals surface area contributed by atoms with Crippen molar-refractivity contribution < 1.29 is 17.9 Å². The number of aromatic nitrogens is 1. The number of ether oxygens (including phenoxy) is 1. The van der Waals surface area contributed by atoms with Crippen LogP contribution in [0.1, 0.15) is 18.2 Å². The zero-order valence-corrected chi connectivity index (χ0v) is 11.8. The Morgan fingerprint density at radius 3 is 2.67 bits per heavy atom. The lowest BCUT2D eigenvalue weighted by atomic mass is 10.2. The molecule has 2 heterocycles. The average molecular weight is 299 g/mol. The molecule has 114 valence electrons. The van der Waals surface area contributed by atoms with Gasteiger partial charge < -0.3 is 9.64 Å². The van der Waals surface area contributed by atoms with Crippen LogP contribution in [-0.4, -0.2) is 35.6 Å². The van der Waals surface area contributed by atoms with Gasteiger partial charge in [0.1, 0.15) is 6.67 Å². The molecule has 7 heteroatoms. The fourth-order valence-corrected chi connectivity index (χ4v) is 1.87. The standard InChI is InChI=1S/C14H16F3N3O/c1-10-5-6-18-9-20(10)7-12-3-4-13(19-11(12)2)21-8-14(15,16)17/h3-6H,7-9H2,1-2H3. The monoisotopic (exact) mass is 299 g/mol. The maximum absolute atomic E-state index is 12.1. The first kappa shape index (κ1) is 15.3. The van der Waals surface area contributed by atoms with Gasteiger partial charge in [-0.15, -0.1) is 0 Å². The minimum atomic E-state index is -4.36. The van der Waals surface area contributed by atoms with Crippen LogP contribution < -0.4 is 4.74 Å². The topological polar surface area (TPSA) is 37.7 Å². The number of allylic oxidation sites excluding steroid dienone is 2. The summed E-state index contributed by atoms with van der Waals surface area (Å²) < 4.78 is 40.9. The Kier molecular flexibility index (Phi) is 4.50. The molecule has 0 fully saturated rings. The molecule has 0 aliphatic carbocycles. The molecule has 0 atom stereocenters. The van der Waals surface area contributed by atoms with E-state index in [9.17, 15) is 13.2 Å². The summed E-state index contributed by atoms with van der Waals surface area (Å²) in [5.41, 5.74) is 2.66. The highest BCUT2D eigenvalue weighted by molar-refractivity contribution is 5.72. The molecule has 1 aromatic heterocycles. The molecule has 1 aliphatic heterocycles. The van der Waals surface area contributed by atoms with Crippen molar-refractivity contribution in [2.45, 2.75) is 26.6 Å². The first-order chi connectivity index (χ1) is 9.85. The smallest absolute Gasteiger partial charge is 0.422 e. The summed E-state index contributed by atoms with van der Waals surface area (Å²) in [4.78, 5) is 10.3. The quantitative estimate of drug-likeness (QED) is 0.857. The highest BCUT2D eigenvalue weighted by Gasteiger charge is 2.28. The summed E-state index contributed by atoms with van der Waals surface area (Å²) >= 11 is 0. The molecule has 0 unspecified atom stereocenters. The highest BCUT2D eigenvalue weighted by atomic mass is 19.4. The SMILES string of the molecule is CC1=CC=NCN1Cc1ccc(OCC(F)(F)F)nc1C. The number of hydrogen-bond donors (Lipinski definition) is 0. The van der Waals surface area contributed by atoms with E-state index in [0.29, 0.717) is 18.9 Å². The fourth-order valence-electron chi connectivity index (χ4n) is 1.87. The van der Waals surface area contributed by atoms with Gasteiger partial charge in [0.15, 0.2) is 6.61 Å². The van der Waals surface area contributed by atoms with E-state index in [1.807, 2.05) is 13.0 Å². The van der Waals surface area contributed by atoms with Crippen LogP contribution in [0.2, 0.25) is 0 Å². The number of nitrogens with zero attached hydrogens (tertiary/aromatic N) is 3. The number of alkyl halides is 3. The molecule has 0 bridgehead atoms. The van der Waals surface area contributed by atoms with Crippen LogP contribution >= 0.6 is 0 Å². The number of pyridine rings is 1. The van der Waals surface area contributed by atoms with E-state index in [1.165, 1.54) is 6.07 Å². The Hall–Kier alpha value is -2.05. The van der Waals surface area contributed by atoms with E-state index in [-0.39, 0.29) is 5.88 Å². The van der Waals surface area contributed by atoms with Gasteiger partial charge in [-0.05, 0) is 25.5 Å². The van der Waals surface area contributed by atoms with Crippen molar-refractivity contribution in [2.24, 2.45) is 4.99 Å². The minimum absolute atomic E-state index is 0.0162. The summed E-state index contributed by atoms with van der Waals surface area (Å²) in [5, 5.41) is 0. The van der Waals surface area contributed by atoms with Gasteiger partial charge in [-0.1, -0.05) is 6.07 Å². The Labute approximate surface area is 121 Å². The molecule has 0 radical (unpaired) electrons. The molecule has 0 aromatic carbocycles. The van der Waals surface area contributed by atoms with Gasteiger partial charge in [-0.25, -0.2) is 4.98 Å². The van der Waals surface area contributed by atoms with Crippen LogP contribution in [0.4, 0.5) is 13.2 Å². The molecule has 21 heavy (non-hydrogen) atoms. The lowest BCUT2D eigenvalue weighted by Crippen LogP contribution is -2.24. The molecule has 1 aromatic rings. The number of aliphatic imine (C=N–C) groups is 1. The summed E-state index contributed by atoms with van der Waals surface area (Å²) in [5.74, 6) is -0.0162. The first-order valence-electron chi connectivity index (χ1n) is 6.43. The van der Waals surface area contributed by atoms with Gasteiger partial charge in [0.05, 0.1) is 0 Å². The van der Waals surface area contributed by atoms with Crippen molar-refractivity contribution in [1.29, 1.82) is 0 Å². The largest absolute Gasteiger partial charge is 0.468 e. The van der Waals surface area contributed by atoms with E-state index >= 15 is 0 Å². The third-order valence-electron chi connectivity index (χ3n) is 3.09. The number of hydrogen-bond acceptors (Lipinski definition) is 4. The van der Waals surface area contributed by atoms with E-state index < -0.39 is 12.8 Å². The van der Waals surface area contributed by atoms with Gasteiger partial charge in [0.2, 0.25) is 5.88 Å². The molecule has 0 amide bonds. The lowest BCUT2D eigenvalue weighted by Gasteiger charge is -2.26. The van der Waals surface area contributed by atoms with Crippen LogP contribution in [0.5, 0.6) is 5.88 Å². The Morgan fingerprint density at radius 2 is 2.05 bits per heavy atom. The van der Waals surface area contributed by atoms with Crippen molar-refractivity contribution in [3.05, 3.63) is 35.2 Å². The minimum Gasteiger partial charge on any atom is -0.468 e. The van der Waals surface area contributed by atoms with Gasteiger partial charge in [0.25, 0.3) is 0 Å². The van der Waals surface area contributed by atoms with Gasteiger partial charge >= 0.3 is 6.18 Å². The molecule has 0 saturated carbocycles. The van der Waals surface area contributed by atoms with Crippen molar-refractivity contribution in [1.82, 2.24) is 9.88 Å². The second kappa shape index (κ2) is 6.15. The van der Waals surface area contributed by atoms with E-state index in [1.54, 1.807) is 19.2 Å². The Morgan fingerprint density at radius 1 is 1.29 bits per heavy atom. The molecule has 4 nitrogen and oxygen atoms in total. The predicted molar refractivity (Wildman–Crippen MR) is 73.2 cm³/mol. The molecule has 1 aliphatic rings. The normalized spacial score (nSPS) is 15.1. The lowest BCUT2D eigenvalue weighted by molar-refractivity contribution is -0.154. The van der Waals surface area contributed by atoms with Crippen LogP contribution in [-0.2, 0) is 6.54 Å². The Bertz CT molecular complexity index is 567. The van der Waals surface area contributed by atoms with E-state index in [4.69, 9.17) is 0 Å². The zero-order chi connectivity index (χ0) is 15.5. The third kappa shape index (κ3) is 4.47. The molecular formula is C14H16F3N3O. The highest BCUT2D eigenvalue weighted by Crippen LogP contribution is 2.20. The molecule has 2 rings (SSSR count). The molecule has 0 saturated heterocycles. The second-order valence-electron chi connectivity index (χ2n) is 4.78. The van der Waals surface area contributed by atoms with E-state index in [2.05, 4.69) is 19.6 Å². The van der Waals surface area contributed by atoms with Gasteiger partial charge in [-0.2, -0.15) is 13.2 Å². The predicted octanol–water partition coefficient (Wildman–Crippen LogP) is 3.08. The zero-order valence-electron chi connectivity index (χ0n) is 11.8. The van der Waals surface area contributed by atoms with Crippen molar-refractivity contribution in [3.8, 4) is 5.88 Å². The first-order valence-corrected chi connectivity index (χ1v) is 6.43. The van der Waals surface area contributed by atoms with Crippen LogP contribution in [0, 0.1) is 6.92 Å². The number of rotatable bonds is 4. The third-order valence-corrected chi connectivity index (χ3v) is 3.09. The van der Waals surface area contributed by atoms with Crippen LogP contribution in [0.3, 0.4) is 0 Å². The van der Waals surface area contributed by atoms with Crippen molar-refractivity contribution >= 4 is 6.21 Å². The van der Waals surface area contributed by atoms with Crippen LogP contribution in [0.25, 0.3) is 0 Å². The number of aryl methyl sites for hydroxylation is 1. The maximum atomic E-state index is 12.1.